The minimum atomic E-state index is -0.441. The zero-order valence-electron chi connectivity index (χ0n) is 10.9. The van der Waals surface area contributed by atoms with Crippen molar-refractivity contribution >= 4 is 27.5 Å². The number of hydrogen-bond donors (Lipinski definition) is 2. The van der Waals surface area contributed by atoms with Gasteiger partial charge in [0, 0.05) is 32.9 Å². The molecule has 1 rings (SSSR count). The number of ether oxygens (including phenoxy) is 1. The Balaban J connectivity index is 2.96. The number of oxime groups is 1. The number of halogens is 2. The molecule has 0 aliphatic carbocycles. The van der Waals surface area contributed by atoms with E-state index in [4.69, 9.17) is 15.7 Å². The van der Waals surface area contributed by atoms with E-state index in [0.29, 0.717) is 24.4 Å². The molecule has 0 atom stereocenters. The third-order valence-electron chi connectivity index (χ3n) is 2.70. The van der Waals surface area contributed by atoms with Gasteiger partial charge in [0.1, 0.15) is 0 Å². The predicted octanol–water partition coefficient (Wildman–Crippen LogP) is 2.16. The van der Waals surface area contributed by atoms with E-state index < -0.39 is 5.82 Å². The lowest BCUT2D eigenvalue weighted by Crippen LogP contribution is -2.22. The maximum Gasteiger partial charge on any atom is 0.171 e. The van der Waals surface area contributed by atoms with Crippen LogP contribution in [0.25, 0.3) is 0 Å². The lowest BCUT2D eigenvalue weighted by molar-refractivity contribution is 0.196. The number of amidine groups is 1. The maximum absolute atomic E-state index is 14.2. The summed E-state index contributed by atoms with van der Waals surface area (Å²) < 4.78 is 19.3. The molecule has 0 amide bonds. The largest absolute Gasteiger partial charge is 0.409 e. The van der Waals surface area contributed by atoms with Crippen LogP contribution in [0.15, 0.2) is 21.8 Å². The van der Waals surface area contributed by atoms with Gasteiger partial charge in [-0.2, -0.15) is 0 Å². The minimum Gasteiger partial charge on any atom is -0.409 e. The lowest BCUT2D eigenvalue weighted by Gasteiger charge is -2.21. The first-order chi connectivity index (χ1) is 9.02. The molecular weight excluding hydrogens is 317 g/mol. The van der Waals surface area contributed by atoms with Gasteiger partial charge < -0.3 is 20.6 Å². The Morgan fingerprint density at radius 2 is 2.26 bits per heavy atom. The van der Waals surface area contributed by atoms with E-state index in [0.717, 1.165) is 6.42 Å². The van der Waals surface area contributed by atoms with Crippen LogP contribution in [-0.4, -0.2) is 38.4 Å². The molecule has 0 saturated carbocycles. The maximum atomic E-state index is 14.2. The second kappa shape index (κ2) is 7.30. The van der Waals surface area contributed by atoms with E-state index in [1.807, 2.05) is 0 Å². The van der Waals surface area contributed by atoms with Crippen LogP contribution in [0.1, 0.15) is 12.0 Å². The summed E-state index contributed by atoms with van der Waals surface area (Å²) in [5, 5.41) is 11.5. The first-order valence-corrected chi connectivity index (χ1v) is 6.48. The molecule has 3 N–H and O–H groups in total. The highest BCUT2D eigenvalue weighted by atomic mass is 79.9. The molecule has 7 heteroatoms. The smallest absolute Gasteiger partial charge is 0.171 e. The summed E-state index contributed by atoms with van der Waals surface area (Å²) in [5.41, 5.74) is 6.22. The zero-order valence-corrected chi connectivity index (χ0v) is 12.4. The van der Waals surface area contributed by atoms with Crippen molar-refractivity contribution in [2.45, 2.75) is 6.42 Å². The van der Waals surface area contributed by atoms with Gasteiger partial charge >= 0.3 is 0 Å². The third kappa shape index (κ3) is 3.81. The third-order valence-corrected chi connectivity index (χ3v) is 3.47. The molecule has 1 aromatic carbocycles. The van der Waals surface area contributed by atoms with Crippen molar-refractivity contribution in [2.24, 2.45) is 10.9 Å². The molecule has 0 spiro atoms. The number of benzene rings is 1. The molecule has 0 bridgehead atoms. The van der Waals surface area contributed by atoms with Crippen LogP contribution in [0, 0.1) is 5.82 Å². The van der Waals surface area contributed by atoms with Gasteiger partial charge in [0.25, 0.3) is 0 Å². The van der Waals surface area contributed by atoms with Gasteiger partial charge in [0.15, 0.2) is 11.7 Å². The number of hydrogen-bond acceptors (Lipinski definition) is 4. The Morgan fingerprint density at radius 1 is 1.58 bits per heavy atom. The Hall–Kier alpha value is -1.34. The SMILES string of the molecule is COCCCN(C)c1ccc(/C(N)=N/O)c(Br)c1F. The average Bonchev–Trinajstić information content (AvgIpc) is 2.41. The molecule has 0 unspecified atom stereocenters. The first-order valence-electron chi connectivity index (χ1n) is 5.68. The van der Waals surface area contributed by atoms with Gasteiger partial charge in [-0.25, -0.2) is 4.39 Å². The highest BCUT2D eigenvalue weighted by Gasteiger charge is 2.16. The average molecular weight is 334 g/mol. The second-order valence-corrected chi connectivity index (χ2v) is 4.81. The first kappa shape index (κ1) is 15.7. The normalized spacial score (nSPS) is 11.7. The van der Waals surface area contributed by atoms with E-state index in [1.54, 1.807) is 31.2 Å². The van der Waals surface area contributed by atoms with Crippen LogP contribution in [0.4, 0.5) is 10.1 Å². The quantitative estimate of drug-likeness (QED) is 0.275. The summed E-state index contributed by atoms with van der Waals surface area (Å²) in [6, 6.07) is 3.20. The van der Waals surface area contributed by atoms with Gasteiger partial charge in [-0.05, 0) is 34.5 Å². The Labute approximate surface area is 120 Å². The molecule has 106 valence electrons. The lowest BCUT2D eigenvalue weighted by atomic mass is 10.1. The fourth-order valence-corrected chi connectivity index (χ4v) is 2.19. The molecule has 0 aliphatic rings. The number of anilines is 1. The highest BCUT2D eigenvalue weighted by molar-refractivity contribution is 9.10. The van der Waals surface area contributed by atoms with E-state index in [2.05, 4.69) is 21.1 Å². The zero-order chi connectivity index (χ0) is 14.4. The molecule has 0 aliphatic heterocycles. The highest BCUT2D eigenvalue weighted by Crippen LogP contribution is 2.29. The van der Waals surface area contributed by atoms with Crippen molar-refractivity contribution in [3.05, 3.63) is 28.0 Å². The van der Waals surface area contributed by atoms with Crippen molar-refractivity contribution in [1.29, 1.82) is 0 Å². The van der Waals surface area contributed by atoms with Crippen LogP contribution < -0.4 is 10.6 Å². The molecule has 0 radical (unpaired) electrons. The van der Waals surface area contributed by atoms with E-state index >= 15 is 0 Å². The molecule has 0 fully saturated rings. The van der Waals surface area contributed by atoms with Crippen LogP contribution in [0.2, 0.25) is 0 Å². The monoisotopic (exact) mass is 333 g/mol. The fraction of sp³-hybridized carbons (Fsp3) is 0.417. The molecule has 19 heavy (non-hydrogen) atoms. The van der Waals surface area contributed by atoms with Gasteiger partial charge in [-0.3, -0.25) is 0 Å². The summed E-state index contributed by atoms with van der Waals surface area (Å²) in [6.45, 7) is 1.29. The summed E-state index contributed by atoms with van der Waals surface area (Å²) >= 11 is 3.12. The summed E-state index contributed by atoms with van der Waals surface area (Å²) in [4.78, 5) is 1.79. The van der Waals surface area contributed by atoms with Crippen molar-refractivity contribution in [3.8, 4) is 0 Å². The topological polar surface area (TPSA) is 71.1 Å². The summed E-state index contributed by atoms with van der Waals surface area (Å²) in [5.74, 6) is -0.580. The van der Waals surface area contributed by atoms with E-state index in [9.17, 15) is 4.39 Å². The van der Waals surface area contributed by atoms with E-state index in [1.165, 1.54) is 0 Å². The number of methoxy groups -OCH3 is 1. The molecule has 5 nitrogen and oxygen atoms in total. The fourth-order valence-electron chi connectivity index (χ4n) is 1.65. The van der Waals surface area contributed by atoms with Gasteiger partial charge in [0.2, 0.25) is 0 Å². The standard InChI is InChI=1S/C12H17BrFN3O2/c1-17(6-3-7-19-2)9-5-4-8(12(15)16-18)10(13)11(9)14/h4-5,18H,3,6-7H2,1-2H3,(H2,15,16). The van der Waals surface area contributed by atoms with Crippen molar-refractivity contribution in [2.75, 3.05) is 32.2 Å². The Morgan fingerprint density at radius 3 is 2.84 bits per heavy atom. The van der Waals surface area contributed by atoms with Crippen molar-refractivity contribution in [1.82, 2.24) is 0 Å². The van der Waals surface area contributed by atoms with Gasteiger partial charge in [-0.15, -0.1) is 0 Å². The molecule has 1 aromatic rings. The van der Waals surface area contributed by atoms with Gasteiger partial charge in [-0.1, -0.05) is 5.16 Å². The molecule has 0 heterocycles. The van der Waals surface area contributed by atoms with Crippen LogP contribution >= 0.6 is 15.9 Å². The molecule has 0 saturated heterocycles. The van der Waals surface area contributed by atoms with Crippen LogP contribution in [-0.2, 0) is 4.74 Å². The van der Waals surface area contributed by atoms with Gasteiger partial charge in [0.05, 0.1) is 10.2 Å². The summed E-state index contributed by atoms with van der Waals surface area (Å²) in [7, 11) is 3.42. The predicted molar refractivity (Wildman–Crippen MR) is 76.4 cm³/mol. The Kier molecular flexibility index (Phi) is 6.04. The van der Waals surface area contributed by atoms with Crippen LogP contribution in [0.3, 0.4) is 0 Å². The molecular formula is C12H17BrFN3O2. The number of nitrogens with two attached hydrogens (primary N) is 1. The van der Waals surface area contributed by atoms with Crippen molar-refractivity contribution in [3.63, 3.8) is 0 Å². The Bertz CT molecular complexity index is 469. The number of rotatable bonds is 6. The minimum absolute atomic E-state index is 0.139. The second-order valence-electron chi connectivity index (χ2n) is 4.01. The van der Waals surface area contributed by atoms with E-state index in [-0.39, 0.29) is 10.3 Å². The van der Waals surface area contributed by atoms with Crippen molar-refractivity contribution < 1.29 is 14.3 Å². The summed E-state index contributed by atoms with van der Waals surface area (Å²) in [6.07, 6.45) is 0.798. The number of nitrogens with zero attached hydrogens (tertiary/aromatic N) is 2. The molecule has 0 aromatic heterocycles. The van der Waals surface area contributed by atoms with Crippen LogP contribution in [0.5, 0.6) is 0 Å².